The van der Waals surface area contributed by atoms with Crippen LogP contribution in [0.1, 0.15) is 30.9 Å². The van der Waals surface area contributed by atoms with Crippen LogP contribution in [0.15, 0.2) is 36.4 Å². The van der Waals surface area contributed by atoms with Gasteiger partial charge in [0.1, 0.15) is 10.9 Å². The van der Waals surface area contributed by atoms with Crippen LogP contribution in [0.3, 0.4) is 0 Å². The van der Waals surface area contributed by atoms with Gasteiger partial charge in [-0.25, -0.2) is 4.98 Å². The number of hydrogen-bond donors (Lipinski definition) is 0. The number of pyridine rings is 1. The first-order chi connectivity index (χ1) is 8.56. The monoisotopic (exact) mass is 261 g/mol. The van der Waals surface area contributed by atoms with Gasteiger partial charge in [0.05, 0.1) is 0 Å². The molecule has 3 heteroatoms. The summed E-state index contributed by atoms with van der Waals surface area (Å²) in [6, 6.07) is 11.6. The molecule has 1 aromatic carbocycles. The van der Waals surface area contributed by atoms with Crippen molar-refractivity contribution in [2.75, 3.05) is 0 Å². The lowest BCUT2D eigenvalue weighted by atomic mass is 10.0. The number of nitrogens with zero attached hydrogens (tertiary/aromatic N) is 1. The minimum absolute atomic E-state index is 0.403. The van der Waals surface area contributed by atoms with E-state index in [0.717, 1.165) is 11.3 Å². The Morgan fingerprint density at radius 2 is 1.94 bits per heavy atom. The average molecular weight is 262 g/mol. The number of rotatable bonds is 3. The van der Waals surface area contributed by atoms with Gasteiger partial charge in [-0.05, 0) is 36.1 Å². The van der Waals surface area contributed by atoms with Crippen LogP contribution in [0.4, 0.5) is 0 Å². The van der Waals surface area contributed by atoms with E-state index in [4.69, 9.17) is 16.3 Å². The highest BCUT2D eigenvalue weighted by atomic mass is 35.5. The summed E-state index contributed by atoms with van der Waals surface area (Å²) in [7, 11) is 0. The van der Waals surface area contributed by atoms with Crippen molar-refractivity contribution in [1.82, 2.24) is 4.98 Å². The van der Waals surface area contributed by atoms with E-state index < -0.39 is 0 Å². The zero-order valence-corrected chi connectivity index (χ0v) is 11.5. The van der Waals surface area contributed by atoms with E-state index in [1.165, 1.54) is 5.56 Å². The summed E-state index contributed by atoms with van der Waals surface area (Å²) >= 11 is 5.85. The average Bonchev–Trinajstić information content (AvgIpc) is 2.28. The first-order valence-corrected chi connectivity index (χ1v) is 6.35. The molecule has 0 N–H and O–H groups in total. The first kappa shape index (κ1) is 12.9. The van der Waals surface area contributed by atoms with Crippen LogP contribution in [0.5, 0.6) is 11.6 Å². The molecule has 0 radical (unpaired) electrons. The Balaban J connectivity index is 2.36. The van der Waals surface area contributed by atoms with Crippen molar-refractivity contribution in [2.45, 2.75) is 26.7 Å². The molecule has 2 rings (SSSR count). The largest absolute Gasteiger partial charge is 0.439 e. The second-order valence-corrected chi connectivity index (χ2v) is 4.98. The highest BCUT2D eigenvalue weighted by molar-refractivity contribution is 6.29. The summed E-state index contributed by atoms with van der Waals surface area (Å²) in [6.45, 7) is 6.33. The second-order valence-electron chi connectivity index (χ2n) is 4.60. The lowest BCUT2D eigenvalue weighted by molar-refractivity contribution is 0.454. The predicted octanol–water partition coefficient (Wildman–Crippen LogP) is 4.96. The fraction of sp³-hybridized carbons (Fsp3) is 0.267. The van der Waals surface area contributed by atoms with Crippen LogP contribution in [0.2, 0.25) is 5.15 Å². The van der Waals surface area contributed by atoms with Crippen molar-refractivity contribution >= 4 is 11.6 Å². The van der Waals surface area contributed by atoms with Gasteiger partial charge in [0, 0.05) is 6.07 Å². The fourth-order valence-corrected chi connectivity index (χ4v) is 1.92. The lowest BCUT2D eigenvalue weighted by Gasteiger charge is -2.14. The van der Waals surface area contributed by atoms with E-state index in [9.17, 15) is 0 Å². The van der Waals surface area contributed by atoms with Crippen LogP contribution in [-0.4, -0.2) is 4.98 Å². The Bertz CT molecular complexity index is 552. The molecule has 18 heavy (non-hydrogen) atoms. The van der Waals surface area contributed by atoms with Gasteiger partial charge in [-0.2, -0.15) is 0 Å². The van der Waals surface area contributed by atoms with Crippen molar-refractivity contribution in [3.63, 3.8) is 0 Å². The lowest BCUT2D eigenvalue weighted by Crippen LogP contribution is -1.96. The van der Waals surface area contributed by atoms with Gasteiger partial charge in [-0.3, -0.25) is 0 Å². The molecule has 0 saturated carbocycles. The van der Waals surface area contributed by atoms with Gasteiger partial charge in [0.15, 0.2) is 0 Å². The molecule has 0 amide bonds. The van der Waals surface area contributed by atoms with Gasteiger partial charge in [-0.1, -0.05) is 43.6 Å². The van der Waals surface area contributed by atoms with E-state index in [-0.39, 0.29) is 0 Å². The van der Waals surface area contributed by atoms with Crippen molar-refractivity contribution in [2.24, 2.45) is 0 Å². The number of hydrogen-bond acceptors (Lipinski definition) is 2. The standard InChI is InChI=1S/C15H16ClNO/c1-10(2)12-8-7-11(3)9-13(12)18-15-6-4-5-14(16)17-15/h4-10H,1-3H3. The topological polar surface area (TPSA) is 22.1 Å². The molecule has 2 aromatic rings. The molecule has 0 aliphatic heterocycles. The van der Waals surface area contributed by atoms with Gasteiger partial charge < -0.3 is 4.74 Å². The Morgan fingerprint density at radius 3 is 2.61 bits per heavy atom. The third-order valence-corrected chi connectivity index (χ3v) is 2.91. The molecule has 1 heterocycles. The number of ether oxygens (including phenoxy) is 1. The van der Waals surface area contributed by atoms with E-state index in [0.29, 0.717) is 17.0 Å². The van der Waals surface area contributed by atoms with Crippen LogP contribution in [0.25, 0.3) is 0 Å². The number of halogens is 1. The van der Waals surface area contributed by atoms with E-state index in [1.54, 1.807) is 12.1 Å². The SMILES string of the molecule is Cc1ccc(C(C)C)c(Oc2cccc(Cl)n2)c1. The van der Waals surface area contributed by atoms with E-state index in [2.05, 4.69) is 31.0 Å². The molecule has 0 aliphatic carbocycles. The van der Waals surface area contributed by atoms with Crippen LogP contribution < -0.4 is 4.74 Å². The van der Waals surface area contributed by atoms with Gasteiger partial charge >= 0.3 is 0 Å². The summed E-state index contributed by atoms with van der Waals surface area (Å²) in [5.41, 5.74) is 2.33. The molecule has 0 unspecified atom stereocenters. The smallest absolute Gasteiger partial charge is 0.220 e. The highest BCUT2D eigenvalue weighted by Gasteiger charge is 2.09. The highest BCUT2D eigenvalue weighted by Crippen LogP contribution is 2.31. The van der Waals surface area contributed by atoms with E-state index >= 15 is 0 Å². The third kappa shape index (κ3) is 3.02. The number of aryl methyl sites for hydroxylation is 1. The molecule has 94 valence electrons. The van der Waals surface area contributed by atoms with Crippen molar-refractivity contribution in [1.29, 1.82) is 0 Å². The van der Waals surface area contributed by atoms with Crippen LogP contribution in [0, 0.1) is 6.92 Å². The zero-order chi connectivity index (χ0) is 13.1. The van der Waals surface area contributed by atoms with Crippen molar-refractivity contribution < 1.29 is 4.74 Å². The molecule has 0 aliphatic rings. The molecule has 0 fully saturated rings. The molecule has 0 saturated heterocycles. The van der Waals surface area contributed by atoms with E-state index in [1.807, 2.05) is 19.1 Å². The van der Waals surface area contributed by atoms with Gasteiger partial charge in [-0.15, -0.1) is 0 Å². The Hall–Kier alpha value is -1.54. The van der Waals surface area contributed by atoms with Crippen LogP contribution in [-0.2, 0) is 0 Å². The Labute approximate surface area is 113 Å². The normalized spacial score (nSPS) is 10.7. The molecule has 2 nitrogen and oxygen atoms in total. The molecular formula is C15H16ClNO. The maximum atomic E-state index is 5.85. The maximum Gasteiger partial charge on any atom is 0.220 e. The van der Waals surface area contributed by atoms with Crippen molar-refractivity contribution in [3.05, 3.63) is 52.7 Å². The number of aromatic nitrogens is 1. The maximum absolute atomic E-state index is 5.85. The minimum atomic E-state index is 0.403. The molecule has 0 atom stereocenters. The summed E-state index contributed by atoms with van der Waals surface area (Å²) in [5.74, 6) is 1.77. The third-order valence-electron chi connectivity index (χ3n) is 2.70. The summed E-state index contributed by atoms with van der Waals surface area (Å²) < 4.78 is 5.84. The Morgan fingerprint density at radius 1 is 1.17 bits per heavy atom. The Kier molecular flexibility index (Phi) is 3.87. The molecular weight excluding hydrogens is 246 g/mol. The van der Waals surface area contributed by atoms with Gasteiger partial charge in [0.25, 0.3) is 0 Å². The summed E-state index contributed by atoms with van der Waals surface area (Å²) in [4.78, 5) is 4.14. The van der Waals surface area contributed by atoms with Crippen LogP contribution >= 0.6 is 11.6 Å². The quantitative estimate of drug-likeness (QED) is 0.729. The van der Waals surface area contributed by atoms with Crippen molar-refractivity contribution in [3.8, 4) is 11.6 Å². The second kappa shape index (κ2) is 5.40. The molecule has 0 bridgehead atoms. The summed E-state index contributed by atoms with van der Waals surface area (Å²) in [6.07, 6.45) is 0. The zero-order valence-electron chi connectivity index (χ0n) is 10.8. The van der Waals surface area contributed by atoms with Gasteiger partial charge in [0.2, 0.25) is 5.88 Å². The molecule has 0 spiro atoms. The number of benzene rings is 1. The summed E-state index contributed by atoms with van der Waals surface area (Å²) in [5, 5.41) is 0.436. The molecule has 1 aromatic heterocycles. The first-order valence-electron chi connectivity index (χ1n) is 5.97. The predicted molar refractivity (Wildman–Crippen MR) is 74.6 cm³/mol. The minimum Gasteiger partial charge on any atom is -0.439 e. The fourth-order valence-electron chi connectivity index (χ4n) is 1.77.